The number of urea groups is 1. The molecule has 1 aliphatic rings. The fourth-order valence-electron chi connectivity index (χ4n) is 3.18. The van der Waals surface area contributed by atoms with Crippen molar-refractivity contribution in [2.45, 2.75) is 13.0 Å². The first-order valence-electron chi connectivity index (χ1n) is 8.82. The highest BCUT2D eigenvalue weighted by Gasteiger charge is 2.30. The van der Waals surface area contributed by atoms with Gasteiger partial charge in [-0.3, -0.25) is 4.98 Å². The van der Waals surface area contributed by atoms with E-state index < -0.39 is 6.04 Å². The van der Waals surface area contributed by atoms with Crippen LogP contribution in [0.4, 0.5) is 4.79 Å². The Kier molecular flexibility index (Phi) is 4.97. The van der Waals surface area contributed by atoms with E-state index in [0.29, 0.717) is 11.3 Å². The standard InChI is InChI=1S/C21H17N5O2S/c1-12-18(19(26-21(27)24-12)15-7-16(28-2)10-23-9-15)20-25-17(11-29-20)14-5-3-13(8-22)4-6-14/h3-7,9-11,19H,1-2H3,(H2,24,26,27). The van der Waals surface area contributed by atoms with E-state index in [1.807, 2.05) is 30.5 Å². The fraction of sp³-hybridized carbons (Fsp3) is 0.143. The van der Waals surface area contributed by atoms with Gasteiger partial charge in [0, 0.05) is 34.0 Å². The molecule has 0 aliphatic carbocycles. The summed E-state index contributed by atoms with van der Waals surface area (Å²) in [6.45, 7) is 1.86. The molecule has 3 heterocycles. The molecule has 7 nitrogen and oxygen atoms in total. The largest absolute Gasteiger partial charge is 0.495 e. The topological polar surface area (TPSA) is 99.9 Å². The maximum absolute atomic E-state index is 12.1. The number of thiazole rings is 1. The molecule has 1 atom stereocenters. The van der Waals surface area contributed by atoms with Gasteiger partial charge in [0.15, 0.2) is 0 Å². The summed E-state index contributed by atoms with van der Waals surface area (Å²) in [6.07, 6.45) is 3.33. The number of amides is 2. The first-order chi connectivity index (χ1) is 14.1. The van der Waals surface area contributed by atoms with Crippen LogP contribution >= 0.6 is 11.3 Å². The Morgan fingerprint density at radius 1 is 1.24 bits per heavy atom. The number of methoxy groups -OCH3 is 1. The van der Waals surface area contributed by atoms with Crippen molar-refractivity contribution in [1.29, 1.82) is 5.26 Å². The van der Waals surface area contributed by atoms with Crippen molar-refractivity contribution in [3.8, 4) is 23.1 Å². The lowest BCUT2D eigenvalue weighted by Crippen LogP contribution is -2.42. The summed E-state index contributed by atoms with van der Waals surface area (Å²) in [6, 6.07) is 10.6. The van der Waals surface area contributed by atoms with Crippen LogP contribution in [0.5, 0.6) is 5.75 Å². The predicted molar refractivity (Wildman–Crippen MR) is 110 cm³/mol. The monoisotopic (exact) mass is 403 g/mol. The number of ether oxygens (including phenoxy) is 1. The second-order valence-corrected chi connectivity index (χ2v) is 7.31. The van der Waals surface area contributed by atoms with Crippen molar-refractivity contribution < 1.29 is 9.53 Å². The van der Waals surface area contributed by atoms with Crippen LogP contribution < -0.4 is 15.4 Å². The van der Waals surface area contributed by atoms with E-state index >= 15 is 0 Å². The number of aromatic nitrogens is 2. The van der Waals surface area contributed by atoms with Crippen LogP contribution in [-0.2, 0) is 0 Å². The minimum Gasteiger partial charge on any atom is -0.495 e. The molecule has 4 rings (SSSR count). The van der Waals surface area contributed by atoms with Crippen LogP contribution in [0.25, 0.3) is 16.8 Å². The maximum atomic E-state index is 12.1. The zero-order valence-corrected chi connectivity index (χ0v) is 16.6. The van der Waals surface area contributed by atoms with Crippen LogP contribution in [0.1, 0.15) is 29.1 Å². The van der Waals surface area contributed by atoms with E-state index in [9.17, 15) is 4.79 Å². The van der Waals surface area contributed by atoms with Gasteiger partial charge in [0.25, 0.3) is 0 Å². The summed E-state index contributed by atoms with van der Waals surface area (Å²) >= 11 is 1.50. The molecule has 144 valence electrons. The number of carbonyl (C=O) groups excluding carboxylic acids is 1. The molecule has 1 aromatic carbocycles. The molecule has 29 heavy (non-hydrogen) atoms. The Balaban J connectivity index is 1.74. The number of hydrogen-bond donors (Lipinski definition) is 2. The Morgan fingerprint density at radius 3 is 2.76 bits per heavy atom. The van der Waals surface area contributed by atoms with Crippen LogP contribution in [0.2, 0.25) is 0 Å². The van der Waals surface area contributed by atoms with E-state index in [1.165, 1.54) is 11.3 Å². The molecule has 0 spiro atoms. The SMILES string of the molecule is COc1cncc(C2NC(=O)NC(C)=C2c2nc(-c3ccc(C#N)cc3)cs2)c1. The highest BCUT2D eigenvalue weighted by molar-refractivity contribution is 7.11. The van der Waals surface area contributed by atoms with E-state index in [4.69, 9.17) is 15.0 Å². The third kappa shape index (κ3) is 3.68. The Hall–Kier alpha value is -3.70. The summed E-state index contributed by atoms with van der Waals surface area (Å²) in [5.74, 6) is 0.615. The number of nitrogens with one attached hydrogen (secondary N) is 2. The molecule has 0 bridgehead atoms. The Bertz CT molecular complexity index is 1140. The van der Waals surface area contributed by atoms with Crippen LogP contribution in [0.3, 0.4) is 0 Å². The van der Waals surface area contributed by atoms with Crippen molar-refractivity contribution in [3.05, 3.63) is 69.9 Å². The zero-order valence-electron chi connectivity index (χ0n) is 15.8. The number of rotatable bonds is 4. The van der Waals surface area contributed by atoms with Gasteiger partial charge < -0.3 is 15.4 Å². The van der Waals surface area contributed by atoms with Crippen LogP contribution in [-0.4, -0.2) is 23.1 Å². The van der Waals surface area contributed by atoms with Gasteiger partial charge in [0.05, 0.1) is 36.7 Å². The fourth-order valence-corrected chi connectivity index (χ4v) is 4.14. The number of carbonyl (C=O) groups is 1. The smallest absolute Gasteiger partial charge is 0.319 e. The highest BCUT2D eigenvalue weighted by Crippen LogP contribution is 2.37. The van der Waals surface area contributed by atoms with Crippen molar-refractivity contribution in [2.75, 3.05) is 7.11 Å². The number of nitriles is 1. The molecule has 2 N–H and O–H groups in total. The summed E-state index contributed by atoms with van der Waals surface area (Å²) in [7, 11) is 1.58. The van der Waals surface area contributed by atoms with Crippen molar-refractivity contribution >= 4 is 22.9 Å². The average Bonchev–Trinajstić information content (AvgIpc) is 3.23. The molecule has 2 amide bonds. The summed E-state index contributed by atoms with van der Waals surface area (Å²) in [5.41, 5.74) is 4.77. The molecule has 1 unspecified atom stereocenters. The summed E-state index contributed by atoms with van der Waals surface area (Å²) in [5, 5.41) is 17.5. The minimum atomic E-state index is -0.397. The first-order valence-corrected chi connectivity index (χ1v) is 9.70. The lowest BCUT2D eigenvalue weighted by Gasteiger charge is -2.28. The van der Waals surface area contributed by atoms with Crippen LogP contribution in [0.15, 0.2) is 53.8 Å². The summed E-state index contributed by atoms with van der Waals surface area (Å²) < 4.78 is 5.28. The van der Waals surface area contributed by atoms with Gasteiger partial charge in [-0.2, -0.15) is 5.26 Å². The van der Waals surface area contributed by atoms with Crippen molar-refractivity contribution in [1.82, 2.24) is 20.6 Å². The Morgan fingerprint density at radius 2 is 2.03 bits per heavy atom. The molecule has 0 saturated carbocycles. The lowest BCUT2D eigenvalue weighted by molar-refractivity contribution is 0.240. The third-order valence-electron chi connectivity index (χ3n) is 4.62. The molecule has 0 radical (unpaired) electrons. The zero-order chi connectivity index (χ0) is 20.4. The van der Waals surface area contributed by atoms with Gasteiger partial charge in [-0.1, -0.05) is 12.1 Å². The first kappa shape index (κ1) is 18.7. The van der Waals surface area contributed by atoms with E-state index in [2.05, 4.69) is 21.7 Å². The third-order valence-corrected chi connectivity index (χ3v) is 5.49. The molecule has 8 heteroatoms. The normalized spacial score (nSPS) is 16.0. The van der Waals surface area contributed by atoms with Gasteiger partial charge in [-0.25, -0.2) is 9.78 Å². The van der Waals surface area contributed by atoms with Crippen molar-refractivity contribution in [3.63, 3.8) is 0 Å². The quantitative estimate of drug-likeness (QED) is 0.689. The van der Waals surface area contributed by atoms with E-state index in [-0.39, 0.29) is 6.03 Å². The number of benzene rings is 1. The molecule has 0 saturated heterocycles. The van der Waals surface area contributed by atoms with Crippen molar-refractivity contribution in [2.24, 2.45) is 0 Å². The molecular weight excluding hydrogens is 386 g/mol. The van der Waals surface area contributed by atoms with Gasteiger partial charge in [-0.05, 0) is 25.1 Å². The molecule has 2 aromatic heterocycles. The number of nitrogens with zero attached hydrogens (tertiary/aromatic N) is 3. The van der Waals surface area contributed by atoms with Gasteiger partial charge >= 0.3 is 6.03 Å². The molecule has 0 fully saturated rings. The predicted octanol–water partition coefficient (Wildman–Crippen LogP) is 3.87. The highest BCUT2D eigenvalue weighted by atomic mass is 32.1. The van der Waals surface area contributed by atoms with Crippen LogP contribution in [0, 0.1) is 11.3 Å². The second-order valence-electron chi connectivity index (χ2n) is 6.46. The number of hydrogen-bond acceptors (Lipinski definition) is 6. The van der Waals surface area contributed by atoms with Gasteiger partial charge in [0.1, 0.15) is 10.8 Å². The van der Waals surface area contributed by atoms with Gasteiger partial charge in [0.2, 0.25) is 0 Å². The van der Waals surface area contributed by atoms with E-state index in [1.54, 1.807) is 31.6 Å². The average molecular weight is 403 g/mol. The molecular formula is C21H17N5O2S. The lowest BCUT2D eigenvalue weighted by atomic mass is 9.97. The minimum absolute atomic E-state index is 0.275. The number of pyridine rings is 1. The summed E-state index contributed by atoms with van der Waals surface area (Å²) in [4.78, 5) is 21.1. The maximum Gasteiger partial charge on any atom is 0.319 e. The molecule has 1 aliphatic heterocycles. The van der Waals surface area contributed by atoms with E-state index in [0.717, 1.165) is 33.1 Å². The van der Waals surface area contributed by atoms with Gasteiger partial charge in [-0.15, -0.1) is 11.3 Å². The second kappa shape index (κ2) is 7.73. The molecule has 3 aromatic rings. The number of allylic oxidation sites excluding steroid dienone is 1. The Labute approximate surface area is 171 Å².